The van der Waals surface area contributed by atoms with E-state index in [0.29, 0.717) is 12.8 Å². The van der Waals surface area contributed by atoms with E-state index in [-0.39, 0.29) is 6.61 Å². The van der Waals surface area contributed by atoms with Crippen molar-refractivity contribution in [3.05, 3.63) is 12.7 Å². The Hall–Kier alpha value is -1.52. The van der Waals surface area contributed by atoms with Crippen molar-refractivity contribution in [3.63, 3.8) is 0 Å². The second kappa shape index (κ2) is 5.53. The monoisotopic (exact) mass is 227 g/mol. The third-order valence-corrected chi connectivity index (χ3v) is 2.79. The third kappa shape index (κ3) is 2.98. The Morgan fingerprint density at radius 3 is 2.50 bits per heavy atom. The van der Waals surface area contributed by atoms with Gasteiger partial charge in [0.2, 0.25) is 0 Å². The molecule has 5 nitrogen and oxygen atoms in total. The van der Waals surface area contributed by atoms with Crippen LogP contribution in [0.25, 0.3) is 0 Å². The van der Waals surface area contributed by atoms with E-state index in [4.69, 9.17) is 4.74 Å². The van der Waals surface area contributed by atoms with Crippen molar-refractivity contribution < 1.29 is 19.4 Å². The number of rotatable bonds is 4. The maximum Gasteiger partial charge on any atom is 0.408 e. The molecule has 0 aromatic rings. The van der Waals surface area contributed by atoms with Crippen LogP contribution in [0.2, 0.25) is 0 Å². The Balaban J connectivity index is 2.60. The van der Waals surface area contributed by atoms with E-state index in [1.807, 2.05) is 0 Å². The van der Waals surface area contributed by atoms with Gasteiger partial charge < -0.3 is 15.2 Å². The molecule has 0 unspecified atom stereocenters. The van der Waals surface area contributed by atoms with Gasteiger partial charge in [-0.3, -0.25) is 0 Å². The maximum absolute atomic E-state index is 11.3. The Bertz CT molecular complexity index is 282. The number of nitrogens with one attached hydrogen (secondary N) is 1. The van der Waals surface area contributed by atoms with Gasteiger partial charge in [0.1, 0.15) is 12.1 Å². The summed E-state index contributed by atoms with van der Waals surface area (Å²) in [6.45, 7) is 3.50. The topological polar surface area (TPSA) is 75.6 Å². The number of hydrogen-bond donors (Lipinski definition) is 2. The quantitative estimate of drug-likeness (QED) is 0.716. The molecule has 0 saturated heterocycles. The van der Waals surface area contributed by atoms with Crippen molar-refractivity contribution in [1.82, 2.24) is 5.32 Å². The fourth-order valence-electron chi connectivity index (χ4n) is 1.91. The van der Waals surface area contributed by atoms with E-state index in [2.05, 4.69) is 11.9 Å². The van der Waals surface area contributed by atoms with Crippen LogP contribution in [-0.4, -0.2) is 29.3 Å². The summed E-state index contributed by atoms with van der Waals surface area (Å²) < 4.78 is 4.74. The first-order valence-corrected chi connectivity index (χ1v) is 5.40. The largest absolute Gasteiger partial charge is 0.480 e. The van der Waals surface area contributed by atoms with E-state index >= 15 is 0 Å². The number of carboxylic acids is 1. The van der Waals surface area contributed by atoms with Gasteiger partial charge in [-0.1, -0.05) is 31.9 Å². The number of alkyl carbamates (subject to hydrolysis) is 1. The van der Waals surface area contributed by atoms with Crippen LogP contribution in [0.15, 0.2) is 12.7 Å². The number of carboxylic acid groups (broad SMARTS) is 1. The van der Waals surface area contributed by atoms with E-state index in [0.717, 1.165) is 19.3 Å². The molecule has 0 radical (unpaired) electrons. The lowest BCUT2D eigenvalue weighted by Crippen LogP contribution is -2.55. The molecule has 1 amide bonds. The lowest BCUT2D eigenvalue weighted by Gasteiger charge is -2.33. The number of aliphatic carboxylic acids is 1. The average Bonchev–Trinajstić information content (AvgIpc) is 2.27. The molecule has 90 valence electrons. The van der Waals surface area contributed by atoms with Crippen molar-refractivity contribution in [3.8, 4) is 0 Å². The standard InChI is InChI=1S/C11H17NO4/c1-2-8-16-10(15)12-11(9(13)14)6-4-3-5-7-11/h2H,1,3-8H2,(H,12,15)(H,13,14). The number of carbonyl (C=O) groups excluding carboxylic acids is 1. The Morgan fingerprint density at radius 1 is 1.38 bits per heavy atom. The molecule has 1 aliphatic carbocycles. The van der Waals surface area contributed by atoms with Crippen molar-refractivity contribution >= 4 is 12.1 Å². The average molecular weight is 227 g/mol. The zero-order valence-electron chi connectivity index (χ0n) is 9.20. The normalized spacial score (nSPS) is 18.5. The SMILES string of the molecule is C=CCOC(=O)NC1(C(=O)O)CCCCC1. The first-order chi connectivity index (χ1) is 7.60. The highest BCUT2D eigenvalue weighted by atomic mass is 16.5. The number of ether oxygens (including phenoxy) is 1. The fraction of sp³-hybridized carbons (Fsp3) is 0.636. The molecule has 0 aromatic carbocycles. The summed E-state index contributed by atoms with van der Waals surface area (Å²) in [5.74, 6) is -0.984. The van der Waals surface area contributed by atoms with Crippen LogP contribution in [0, 0.1) is 0 Å². The molecule has 0 bridgehead atoms. The van der Waals surface area contributed by atoms with Crippen LogP contribution in [0.5, 0.6) is 0 Å². The molecular weight excluding hydrogens is 210 g/mol. The van der Waals surface area contributed by atoms with Crippen LogP contribution >= 0.6 is 0 Å². The third-order valence-electron chi connectivity index (χ3n) is 2.79. The summed E-state index contributed by atoms with van der Waals surface area (Å²) in [6, 6.07) is 0. The molecule has 16 heavy (non-hydrogen) atoms. The van der Waals surface area contributed by atoms with E-state index < -0.39 is 17.6 Å². The second-order valence-electron chi connectivity index (χ2n) is 3.96. The summed E-state index contributed by atoms with van der Waals surface area (Å²) in [6.07, 6.45) is 4.31. The molecule has 0 heterocycles. The lowest BCUT2D eigenvalue weighted by molar-refractivity contribution is -0.146. The minimum Gasteiger partial charge on any atom is -0.480 e. The van der Waals surface area contributed by atoms with Gasteiger partial charge in [0.05, 0.1) is 0 Å². The van der Waals surface area contributed by atoms with E-state index in [9.17, 15) is 14.7 Å². The maximum atomic E-state index is 11.3. The highest BCUT2D eigenvalue weighted by Crippen LogP contribution is 2.28. The Kier molecular flexibility index (Phi) is 4.34. The van der Waals surface area contributed by atoms with E-state index in [1.165, 1.54) is 6.08 Å². The number of hydrogen-bond acceptors (Lipinski definition) is 3. The number of amides is 1. The molecule has 0 atom stereocenters. The van der Waals surface area contributed by atoms with E-state index in [1.54, 1.807) is 0 Å². The predicted octanol–water partition coefficient (Wildman–Crippen LogP) is 1.69. The second-order valence-corrected chi connectivity index (χ2v) is 3.96. The van der Waals surface area contributed by atoms with Gasteiger partial charge in [0.15, 0.2) is 0 Å². The van der Waals surface area contributed by atoms with Gasteiger partial charge >= 0.3 is 12.1 Å². The molecule has 0 aliphatic heterocycles. The molecule has 1 fully saturated rings. The fourth-order valence-corrected chi connectivity index (χ4v) is 1.91. The zero-order valence-corrected chi connectivity index (χ0v) is 9.20. The molecule has 1 rings (SSSR count). The van der Waals surface area contributed by atoms with Gasteiger partial charge in [-0.05, 0) is 12.8 Å². The van der Waals surface area contributed by atoms with Gasteiger partial charge in [0, 0.05) is 0 Å². The van der Waals surface area contributed by atoms with Crippen molar-refractivity contribution in [1.29, 1.82) is 0 Å². The minimum atomic E-state index is -1.14. The van der Waals surface area contributed by atoms with Gasteiger partial charge in [-0.2, -0.15) is 0 Å². The summed E-state index contributed by atoms with van der Waals surface area (Å²) in [5, 5.41) is 11.6. The van der Waals surface area contributed by atoms with Crippen LogP contribution in [0.3, 0.4) is 0 Å². The number of carbonyl (C=O) groups is 2. The Labute approximate surface area is 94.5 Å². The molecule has 2 N–H and O–H groups in total. The first kappa shape index (κ1) is 12.5. The Morgan fingerprint density at radius 2 is 2.00 bits per heavy atom. The molecule has 0 aromatic heterocycles. The predicted molar refractivity (Wildman–Crippen MR) is 58.1 cm³/mol. The molecular formula is C11H17NO4. The summed E-state index contributed by atoms with van der Waals surface area (Å²) in [7, 11) is 0. The van der Waals surface area contributed by atoms with Crippen molar-refractivity contribution in [2.75, 3.05) is 6.61 Å². The van der Waals surface area contributed by atoms with Crippen LogP contribution in [0.4, 0.5) is 4.79 Å². The summed E-state index contributed by atoms with van der Waals surface area (Å²) in [4.78, 5) is 22.5. The first-order valence-electron chi connectivity index (χ1n) is 5.40. The van der Waals surface area contributed by atoms with Crippen molar-refractivity contribution in [2.45, 2.75) is 37.6 Å². The molecule has 1 saturated carbocycles. The van der Waals surface area contributed by atoms with Crippen LogP contribution in [-0.2, 0) is 9.53 Å². The minimum absolute atomic E-state index is 0.0849. The van der Waals surface area contributed by atoms with Crippen LogP contribution in [0.1, 0.15) is 32.1 Å². The molecule has 5 heteroatoms. The van der Waals surface area contributed by atoms with Gasteiger partial charge in [-0.15, -0.1) is 0 Å². The molecule has 0 spiro atoms. The summed E-state index contributed by atoms with van der Waals surface area (Å²) >= 11 is 0. The highest BCUT2D eigenvalue weighted by molar-refractivity contribution is 5.84. The van der Waals surface area contributed by atoms with Crippen LogP contribution < -0.4 is 5.32 Å². The zero-order chi connectivity index (χ0) is 12.0. The molecule has 1 aliphatic rings. The van der Waals surface area contributed by atoms with Gasteiger partial charge in [0.25, 0.3) is 0 Å². The smallest absolute Gasteiger partial charge is 0.408 e. The van der Waals surface area contributed by atoms with Gasteiger partial charge in [-0.25, -0.2) is 9.59 Å². The highest BCUT2D eigenvalue weighted by Gasteiger charge is 2.41. The lowest BCUT2D eigenvalue weighted by atomic mass is 9.82. The summed E-state index contributed by atoms with van der Waals surface area (Å²) in [5.41, 5.74) is -1.14. The van der Waals surface area contributed by atoms with Crippen molar-refractivity contribution in [2.24, 2.45) is 0 Å².